The molecule has 7 nitrogen and oxygen atoms in total. The molecule has 0 saturated carbocycles. The monoisotopic (exact) mass is 383 g/mol. The summed E-state index contributed by atoms with van der Waals surface area (Å²) in [5.41, 5.74) is 1.76. The maximum absolute atomic E-state index is 14.3. The fraction of sp³-hybridized carbons (Fsp3) is 0.158. The molecule has 0 aliphatic heterocycles. The molecule has 3 aromatic heterocycles. The topological polar surface area (TPSA) is 96.4 Å². The predicted octanol–water partition coefficient (Wildman–Crippen LogP) is 2.56. The number of aryl methyl sites for hydroxylation is 1. The molecule has 0 radical (unpaired) electrons. The van der Waals surface area contributed by atoms with Gasteiger partial charge in [-0.3, -0.25) is 0 Å². The molecule has 28 heavy (non-hydrogen) atoms. The van der Waals surface area contributed by atoms with Crippen LogP contribution in [-0.2, 0) is 13.0 Å². The van der Waals surface area contributed by atoms with Gasteiger partial charge in [-0.1, -0.05) is 0 Å². The summed E-state index contributed by atoms with van der Waals surface area (Å²) in [5.74, 6) is -1.26. The first kappa shape index (κ1) is 17.9. The van der Waals surface area contributed by atoms with Crippen molar-refractivity contribution in [1.29, 1.82) is 0 Å². The van der Waals surface area contributed by atoms with E-state index in [1.807, 2.05) is 0 Å². The van der Waals surface area contributed by atoms with E-state index in [0.29, 0.717) is 17.0 Å². The highest BCUT2D eigenvalue weighted by atomic mass is 19.1. The second-order valence-corrected chi connectivity index (χ2v) is 6.30. The smallest absolute Gasteiger partial charge is 0.220 e. The van der Waals surface area contributed by atoms with Crippen molar-refractivity contribution in [3.05, 3.63) is 70.9 Å². The molecule has 0 aliphatic rings. The summed E-state index contributed by atoms with van der Waals surface area (Å²) >= 11 is 0. The van der Waals surface area contributed by atoms with Gasteiger partial charge in [0.25, 0.3) is 0 Å². The van der Waals surface area contributed by atoms with Gasteiger partial charge >= 0.3 is 0 Å². The molecule has 9 heteroatoms. The highest BCUT2D eigenvalue weighted by Crippen LogP contribution is 2.23. The molecule has 0 atom stereocenters. The lowest BCUT2D eigenvalue weighted by atomic mass is 10.1. The van der Waals surface area contributed by atoms with Gasteiger partial charge in [0.15, 0.2) is 11.5 Å². The van der Waals surface area contributed by atoms with Crippen molar-refractivity contribution in [1.82, 2.24) is 24.3 Å². The Morgan fingerprint density at radius 2 is 1.89 bits per heavy atom. The number of rotatable bonds is 4. The van der Waals surface area contributed by atoms with Crippen LogP contribution >= 0.6 is 0 Å². The molecule has 0 aliphatic carbocycles. The van der Waals surface area contributed by atoms with E-state index in [2.05, 4.69) is 19.9 Å². The van der Waals surface area contributed by atoms with Crippen LogP contribution < -0.4 is 0 Å². The van der Waals surface area contributed by atoms with Gasteiger partial charge in [-0.25, -0.2) is 23.7 Å². The fourth-order valence-electron chi connectivity index (χ4n) is 2.86. The van der Waals surface area contributed by atoms with Gasteiger partial charge < -0.3 is 14.6 Å². The number of nitrogens with zero attached hydrogens (tertiary/aromatic N) is 5. The zero-order chi connectivity index (χ0) is 19.8. The molecule has 1 aromatic carbocycles. The van der Waals surface area contributed by atoms with Crippen LogP contribution in [0.3, 0.4) is 0 Å². The summed E-state index contributed by atoms with van der Waals surface area (Å²) in [7, 11) is 0. The van der Waals surface area contributed by atoms with Crippen molar-refractivity contribution >= 4 is 5.65 Å². The van der Waals surface area contributed by atoms with E-state index in [1.54, 1.807) is 23.0 Å². The van der Waals surface area contributed by atoms with Crippen LogP contribution in [0.15, 0.2) is 36.9 Å². The van der Waals surface area contributed by atoms with Gasteiger partial charge in [0.1, 0.15) is 17.3 Å². The first-order valence-electron chi connectivity index (χ1n) is 8.39. The van der Waals surface area contributed by atoms with E-state index in [-0.39, 0.29) is 34.8 Å². The van der Waals surface area contributed by atoms with E-state index in [9.17, 15) is 13.9 Å². The third kappa shape index (κ3) is 3.16. The molecular weight excluding hydrogens is 368 g/mol. The Morgan fingerprint density at radius 3 is 2.64 bits per heavy atom. The van der Waals surface area contributed by atoms with Crippen molar-refractivity contribution in [2.75, 3.05) is 0 Å². The largest absolute Gasteiger partial charge is 0.493 e. The number of halogens is 2. The van der Waals surface area contributed by atoms with E-state index in [4.69, 9.17) is 5.11 Å². The number of aliphatic hydroxyl groups excluding tert-OH is 1. The van der Waals surface area contributed by atoms with Crippen molar-refractivity contribution in [2.24, 2.45) is 0 Å². The van der Waals surface area contributed by atoms with Gasteiger partial charge in [0.05, 0.1) is 17.9 Å². The highest BCUT2D eigenvalue weighted by Gasteiger charge is 2.16. The number of aliphatic hydroxyl groups is 1. The quantitative estimate of drug-likeness (QED) is 0.562. The average Bonchev–Trinajstić information content (AvgIpc) is 3.15. The van der Waals surface area contributed by atoms with Crippen LogP contribution in [-0.4, -0.2) is 34.5 Å². The minimum atomic E-state index is -0.531. The van der Waals surface area contributed by atoms with Crippen molar-refractivity contribution in [3.8, 4) is 17.4 Å². The Hall–Kier alpha value is -3.46. The molecule has 0 bridgehead atoms. The summed E-state index contributed by atoms with van der Waals surface area (Å²) in [5, 5.41) is 19.0. The minimum Gasteiger partial charge on any atom is -0.493 e. The Kier molecular flexibility index (Phi) is 4.44. The Balaban J connectivity index is 1.82. The Labute approximate surface area is 158 Å². The molecule has 0 fully saturated rings. The first-order chi connectivity index (χ1) is 13.5. The van der Waals surface area contributed by atoms with Crippen molar-refractivity contribution in [2.45, 2.75) is 20.0 Å². The molecule has 142 valence electrons. The number of benzene rings is 1. The fourth-order valence-corrected chi connectivity index (χ4v) is 2.86. The van der Waals surface area contributed by atoms with Crippen LogP contribution in [0.5, 0.6) is 5.88 Å². The average molecular weight is 383 g/mol. The van der Waals surface area contributed by atoms with Gasteiger partial charge in [0.2, 0.25) is 5.88 Å². The SMILES string of the molecule is Cc1cc(F)c(Cc2nc(-c3ncc(CO)c(O)n3)cn3ccnc23)cc1F. The van der Waals surface area contributed by atoms with E-state index in [1.165, 1.54) is 13.1 Å². The summed E-state index contributed by atoms with van der Waals surface area (Å²) in [6.07, 6.45) is 6.16. The molecule has 2 N–H and O–H groups in total. The molecular formula is C19H15F2N5O2. The lowest BCUT2D eigenvalue weighted by Gasteiger charge is -2.09. The lowest BCUT2D eigenvalue weighted by molar-refractivity contribution is 0.273. The number of hydrogen-bond donors (Lipinski definition) is 2. The third-order valence-electron chi connectivity index (χ3n) is 4.37. The standard InChI is InChI=1S/C19H15F2N5O2/c1-10-4-14(21)11(5-13(10)20)6-15-18-22-2-3-26(18)8-16(24-15)17-23-7-12(9-27)19(28)25-17/h2-5,7-8,27H,6,9H2,1H3,(H,23,25,28). The molecule has 0 amide bonds. The molecule has 3 heterocycles. The van der Waals surface area contributed by atoms with E-state index in [0.717, 1.165) is 12.1 Å². The summed E-state index contributed by atoms with van der Waals surface area (Å²) in [4.78, 5) is 16.7. The lowest BCUT2D eigenvalue weighted by Crippen LogP contribution is -2.04. The minimum absolute atomic E-state index is 0.0120. The van der Waals surface area contributed by atoms with Gasteiger partial charge in [-0.05, 0) is 30.2 Å². The van der Waals surface area contributed by atoms with E-state index >= 15 is 0 Å². The maximum Gasteiger partial charge on any atom is 0.220 e. The van der Waals surface area contributed by atoms with Crippen LogP contribution in [0, 0.1) is 18.6 Å². The van der Waals surface area contributed by atoms with Crippen LogP contribution in [0.25, 0.3) is 17.2 Å². The second-order valence-electron chi connectivity index (χ2n) is 6.30. The molecule has 0 unspecified atom stereocenters. The highest BCUT2D eigenvalue weighted by molar-refractivity contribution is 5.56. The third-order valence-corrected chi connectivity index (χ3v) is 4.37. The van der Waals surface area contributed by atoms with Gasteiger partial charge in [0, 0.05) is 31.2 Å². The number of hydrogen-bond acceptors (Lipinski definition) is 6. The predicted molar refractivity (Wildman–Crippen MR) is 95.5 cm³/mol. The zero-order valence-electron chi connectivity index (χ0n) is 14.8. The number of fused-ring (bicyclic) bond motifs is 1. The molecule has 4 rings (SSSR count). The summed E-state index contributed by atoms with van der Waals surface area (Å²) in [6.45, 7) is 1.09. The first-order valence-corrected chi connectivity index (χ1v) is 8.39. The van der Waals surface area contributed by atoms with E-state index < -0.39 is 18.2 Å². The zero-order valence-corrected chi connectivity index (χ0v) is 14.8. The summed E-state index contributed by atoms with van der Waals surface area (Å²) in [6, 6.07) is 2.29. The van der Waals surface area contributed by atoms with Crippen molar-refractivity contribution < 1.29 is 19.0 Å². The number of aromatic nitrogens is 5. The van der Waals surface area contributed by atoms with Gasteiger partial charge in [-0.15, -0.1) is 0 Å². The molecule has 0 spiro atoms. The Morgan fingerprint density at radius 1 is 1.07 bits per heavy atom. The molecule has 0 saturated heterocycles. The number of aromatic hydroxyl groups is 1. The van der Waals surface area contributed by atoms with Crippen molar-refractivity contribution in [3.63, 3.8) is 0 Å². The maximum atomic E-state index is 14.3. The number of imidazole rings is 1. The van der Waals surface area contributed by atoms with Crippen LogP contribution in [0.4, 0.5) is 8.78 Å². The Bertz CT molecular complexity index is 1190. The van der Waals surface area contributed by atoms with Crippen LogP contribution in [0.2, 0.25) is 0 Å². The molecule has 4 aromatic rings. The second kappa shape index (κ2) is 6.93. The normalized spacial score (nSPS) is 11.3. The van der Waals surface area contributed by atoms with Gasteiger partial charge in [-0.2, -0.15) is 4.98 Å². The summed E-state index contributed by atoms with van der Waals surface area (Å²) < 4.78 is 29.9. The van der Waals surface area contributed by atoms with Crippen LogP contribution in [0.1, 0.15) is 22.4 Å².